The molecule has 0 radical (unpaired) electrons. The second-order valence-corrected chi connectivity index (χ2v) is 4.39. The van der Waals surface area contributed by atoms with Crippen molar-refractivity contribution in [1.82, 2.24) is 20.6 Å². The lowest BCUT2D eigenvalue weighted by atomic mass is 10.3. The summed E-state index contributed by atoms with van der Waals surface area (Å²) in [5, 5.41) is 8.76. The molecule has 0 saturated heterocycles. The number of hydrogen-bond acceptors (Lipinski definition) is 4. The summed E-state index contributed by atoms with van der Waals surface area (Å²) in [6.07, 6.45) is 4.97. The zero-order valence-corrected chi connectivity index (χ0v) is 15.0. The summed E-state index contributed by atoms with van der Waals surface area (Å²) in [5.41, 5.74) is 1.55. The van der Waals surface area contributed by atoms with E-state index in [1.807, 2.05) is 18.2 Å². The molecule has 2 aromatic rings. The molecular formula is C15H19IN6O. The van der Waals surface area contributed by atoms with Gasteiger partial charge in [0.05, 0.1) is 30.7 Å². The van der Waals surface area contributed by atoms with Crippen molar-refractivity contribution in [3.8, 4) is 0 Å². The summed E-state index contributed by atoms with van der Waals surface area (Å²) in [5.74, 6) is 0.362. The van der Waals surface area contributed by atoms with Gasteiger partial charge in [-0.2, -0.15) is 0 Å². The van der Waals surface area contributed by atoms with E-state index in [9.17, 15) is 4.79 Å². The van der Waals surface area contributed by atoms with Crippen LogP contribution in [0.4, 0.5) is 5.69 Å². The zero-order chi connectivity index (χ0) is 15.6. The van der Waals surface area contributed by atoms with Crippen LogP contribution in [-0.2, 0) is 11.3 Å². The third-order valence-corrected chi connectivity index (χ3v) is 2.75. The molecule has 3 N–H and O–H groups in total. The fourth-order valence-electron chi connectivity index (χ4n) is 1.70. The molecule has 0 fully saturated rings. The Hall–Kier alpha value is -2.23. The Labute approximate surface area is 152 Å². The fourth-order valence-corrected chi connectivity index (χ4v) is 1.70. The highest BCUT2D eigenvalue weighted by atomic mass is 127. The third-order valence-electron chi connectivity index (χ3n) is 2.75. The minimum Gasteiger partial charge on any atom is -0.351 e. The molecule has 122 valence electrons. The second kappa shape index (κ2) is 10.5. The number of halogens is 1. The van der Waals surface area contributed by atoms with Gasteiger partial charge < -0.3 is 16.0 Å². The first-order valence-electron chi connectivity index (χ1n) is 6.82. The highest BCUT2D eigenvalue weighted by molar-refractivity contribution is 14.0. The van der Waals surface area contributed by atoms with Gasteiger partial charge in [-0.15, -0.1) is 24.0 Å². The van der Waals surface area contributed by atoms with Gasteiger partial charge in [0.1, 0.15) is 0 Å². The quantitative estimate of drug-likeness (QED) is 0.382. The smallest absolute Gasteiger partial charge is 0.243 e. The first-order valence-corrected chi connectivity index (χ1v) is 6.82. The topological polar surface area (TPSA) is 91.3 Å². The molecule has 2 heterocycles. The number of nitrogens with one attached hydrogen (secondary N) is 3. The standard InChI is InChI=1S/C15H18N6O.HI/c1-16-15(19-10-12-5-2-3-8-18-12)20-11-14(22)21-13-6-4-7-17-9-13;/h2-9H,10-11H2,1H3,(H,21,22)(H2,16,19,20);1H. The summed E-state index contributed by atoms with van der Waals surface area (Å²) < 4.78 is 0. The van der Waals surface area contributed by atoms with Crippen LogP contribution in [0.15, 0.2) is 53.9 Å². The van der Waals surface area contributed by atoms with E-state index in [4.69, 9.17) is 0 Å². The van der Waals surface area contributed by atoms with Gasteiger partial charge in [0.25, 0.3) is 0 Å². The van der Waals surface area contributed by atoms with Crippen molar-refractivity contribution in [2.75, 3.05) is 18.9 Å². The van der Waals surface area contributed by atoms with Gasteiger partial charge in [-0.25, -0.2) is 0 Å². The average molecular weight is 426 g/mol. The van der Waals surface area contributed by atoms with Crippen LogP contribution in [0.3, 0.4) is 0 Å². The number of hydrogen-bond donors (Lipinski definition) is 3. The van der Waals surface area contributed by atoms with Crippen molar-refractivity contribution >= 4 is 41.5 Å². The van der Waals surface area contributed by atoms with E-state index in [0.29, 0.717) is 18.2 Å². The predicted octanol–water partition coefficient (Wildman–Crippen LogP) is 1.40. The number of amides is 1. The van der Waals surface area contributed by atoms with Gasteiger partial charge in [0, 0.05) is 19.4 Å². The molecule has 0 aliphatic rings. The molecule has 2 aromatic heterocycles. The van der Waals surface area contributed by atoms with Crippen molar-refractivity contribution in [2.45, 2.75) is 6.54 Å². The van der Waals surface area contributed by atoms with Gasteiger partial charge >= 0.3 is 0 Å². The van der Waals surface area contributed by atoms with Crippen molar-refractivity contribution in [1.29, 1.82) is 0 Å². The molecule has 0 saturated carbocycles. The average Bonchev–Trinajstić information content (AvgIpc) is 2.57. The van der Waals surface area contributed by atoms with Crippen LogP contribution < -0.4 is 16.0 Å². The Balaban J connectivity index is 0.00000264. The molecule has 1 amide bonds. The molecule has 0 unspecified atom stereocenters. The minimum atomic E-state index is -0.172. The summed E-state index contributed by atoms with van der Waals surface area (Å²) in [4.78, 5) is 24.0. The van der Waals surface area contributed by atoms with E-state index in [-0.39, 0.29) is 36.4 Å². The molecule has 7 nitrogen and oxygen atoms in total. The van der Waals surface area contributed by atoms with E-state index >= 15 is 0 Å². The van der Waals surface area contributed by atoms with Gasteiger partial charge in [0.2, 0.25) is 5.91 Å². The maximum absolute atomic E-state index is 11.8. The van der Waals surface area contributed by atoms with Crippen LogP contribution >= 0.6 is 24.0 Å². The van der Waals surface area contributed by atoms with Crippen molar-refractivity contribution < 1.29 is 4.79 Å². The van der Waals surface area contributed by atoms with Gasteiger partial charge in [-0.3, -0.25) is 19.8 Å². The Bertz CT molecular complexity index is 620. The highest BCUT2D eigenvalue weighted by Crippen LogP contribution is 2.01. The van der Waals surface area contributed by atoms with Crippen molar-refractivity contribution in [3.63, 3.8) is 0 Å². The van der Waals surface area contributed by atoms with Crippen molar-refractivity contribution in [2.24, 2.45) is 4.99 Å². The number of aliphatic imine (C=N–C) groups is 1. The number of carbonyl (C=O) groups is 1. The summed E-state index contributed by atoms with van der Waals surface area (Å²) in [6, 6.07) is 9.23. The lowest BCUT2D eigenvalue weighted by Crippen LogP contribution is -2.41. The second-order valence-electron chi connectivity index (χ2n) is 4.39. The van der Waals surface area contributed by atoms with Crippen LogP contribution in [0, 0.1) is 0 Å². The van der Waals surface area contributed by atoms with E-state index < -0.39 is 0 Å². The zero-order valence-electron chi connectivity index (χ0n) is 12.7. The number of aromatic nitrogens is 2. The highest BCUT2D eigenvalue weighted by Gasteiger charge is 2.04. The van der Waals surface area contributed by atoms with Crippen LogP contribution in [0.1, 0.15) is 5.69 Å². The molecular weight excluding hydrogens is 407 g/mol. The van der Waals surface area contributed by atoms with E-state index in [1.165, 1.54) is 0 Å². The number of pyridine rings is 2. The maximum Gasteiger partial charge on any atom is 0.243 e. The lowest BCUT2D eigenvalue weighted by molar-refractivity contribution is -0.115. The number of rotatable bonds is 5. The molecule has 0 spiro atoms. The molecule has 8 heteroatoms. The molecule has 0 bridgehead atoms. The first-order chi connectivity index (χ1) is 10.8. The summed E-state index contributed by atoms with van der Waals surface area (Å²) in [6.45, 7) is 0.640. The number of anilines is 1. The normalized spacial score (nSPS) is 10.4. The molecule has 0 aliphatic carbocycles. The fraction of sp³-hybridized carbons (Fsp3) is 0.200. The van der Waals surface area contributed by atoms with Crippen LogP contribution in [0.2, 0.25) is 0 Å². The minimum absolute atomic E-state index is 0. The molecule has 0 aliphatic heterocycles. The van der Waals surface area contributed by atoms with E-state index in [1.54, 1.807) is 37.8 Å². The largest absolute Gasteiger partial charge is 0.351 e. The Morgan fingerprint density at radius 2 is 2.04 bits per heavy atom. The van der Waals surface area contributed by atoms with Crippen LogP contribution in [0.5, 0.6) is 0 Å². The molecule has 0 aromatic carbocycles. The van der Waals surface area contributed by atoms with Gasteiger partial charge in [-0.1, -0.05) is 6.07 Å². The van der Waals surface area contributed by atoms with E-state index in [0.717, 1.165) is 5.69 Å². The molecule has 2 rings (SSSR count). The van der Waals surface area contributed by atoms with Crippen LogP contribution in [-0.4, -0.2) is 35.4 Å². The van der Waals surface area contributed by atoms with Gasteiger partial charge in [0.15, 0.2) is 5.96 Å². The van der Waals surface area contributed by atoms with Crippen molar-refractivity contribution in [3.05, 3.63) is 54.6 Å². The Morgan fingerprint density at radius 3 is 2.70 bits per heavy atom. The predicted molar refractivity (Wildman–Crippen MR) is 101 cm³/mol. The monoisotopic (exact) mass is 426 g/mol. The molecule has 23 heavy (non-hydrogen) atoms. The SMILES string of the molecule is CN=C(NCC(=O)Nc1cccnc1)NCc1ccccn1.I. The third kappa shape index (κ3) is 7.04. The van der Waals surface area contributed by atoms with E-state index in [2.05, 4.69) is 30.9 Å². The van der Waals surface area contributed by atoms with Crippen LogP contribution in [0.25, 0.3) is 0 Å². The Morgan fingerprint density at radius 1 is 1.17 bits per heavy atom. The Kier molecular flexibility index (Phi) is 8.58. The summed E-state index contributed by atoms with van der Waals surface area (Å²) in [7, 11) is 1.65. The number of carbonyl (C=O) groups excluding carboxylic acids is 1. The van der Waals surface area contributed by atoms with Gasteiger partial charge in [-0.05, 0) is 24.3 Å². The maximum atomic E-state index is 11.8. The number of nitrogens with zero attached hydrogens (tertiary/aromatic N) is 3. The lowest BCUT2D eigenvalue weighted by Gasteiger charge is -2.11. The summed E-state index contributed by atoms with van der Waals surface area (Å²) >= 11 is 0. The molecule has 0 atom stereocenters. The first kappa shape index (κ1) is 18.8. The number of guanidine groups is 1.